The van der Waals surface area contributed by atoms with E-state index in [-0.39, 0.29) is 5.91 Å². The van der Waals surface area contributed by atoms with Crippen LogP contribution in [0.3, 0.4) is 0 Å². The highest BCUT2D eigenvalue weighted by molar-refractivity contribution is 7.99. The fourth-order valence-electron chi connectivity index (χ4n) is 2.07. The minimum Gasteiger partial charge on any atom is -0.383 e. The van der Waals surface area contributed by atoms with E-state index in [1.807, 2.05) is 18.2 Å². The number of thioether (sulfide) groups is 1. The van der Waals surface area contributed by atoms with Gasteiger partial charge < -0.3 is 16.4 Å². The van der Waals surface area contributed by atoms with Crippen molar-refractivity contribution in [2.24, 2.45) is 0 Å². The van der Waals surface area contributed by atoms with E-state index in [2.05, 4.69) is 27.5 Å². The standard InChI is InChI=1S/C17H23N5OS/c1-3-4-8-24-17-21-14(18)10-15(22-17)20-11-12-6-5-7-13(9-12)16(23)19-2/h5-7,9-10H,3-4,8,11H2,1-2H3,(H,19,23)(H3,18,20,21,22). The minimum absolute atomic E-state index is 0.0993. The Morgan fingerprint density at radius 3 is 2.88 bits per heavy atom. The lowest BCUT2D eigenvalue weighted by atomic mass is 10.1. The normalized spacial score (nSPS) is 10.4. The lowest BCUT2D eigenvalue weighted by molar-refractivity contribution is 0.0963. The first kappa shape index (κ1) is 18.1. The number of hydrogen-bond donors (Lipinski definition) is 3. The van der Waals surface area contributed by atoms with Crippen molar-refractivity contribution in [3.63, 3.8) is 0 Å². The molecule has 0 fully saturated rings. The monoisotopic (exact) mass is 345 g/mol. The number of hydrogen-bond acceptors (Lipinski definition) is 6. The maximum atomic E-state index is 11.7. The average molecular weight is 345 g/mol. The SMILES string of the molecule is CCCCSc1nc(N)cc(NCc2cccc(C(=O)NC)c2)n1. The largest absolute Gasteiger partial charge is 0.383 e. The molecule has 4 N–H and O–H groups in total. The Morgan fingerprint density at radius 1 is 1.29 bits per heavy atom. The number of nitrogens with zero attached hydrogens (tertiary/aromatic N) is 2. The van der Waals surface area contributed by atoms with Crippen LogP contribution in [0.5, 0.6) is 0 Å². The van der Waals surface area contributed by atoms with Gasteiger partial charge in [-0.15, -0.1) is 0 Å². The molecule has 7 heteroatoms. The van der Waals surface area contributed by atoms with Gasteiger partial charge in [0.05, 0.1) is 0 Å². The molecule has 1 aromatic carbocycles. The minimum atomic E-state index is -0.0993. The lowest BCUT2D eigenvalue weighted by Crippen LogP contribution is -2.18. The molecule has 1 heterocycles. The lowest BCUT2D eigenvalue weighted by Gasteiger charge is -2.09. The third-order valence-corrected chi connectivity index (χ3v) is 4.28. The van der Waals surface area contributed by atoms with Crippen LogP contribution in [0, 0.1) is 0 Å². The van der Waals surface area contributed by atoms with E-state index < -0.39 is 0 Å². The zero-order valence-electron chi connectivity index (χ0n) is 14.0. The molecule has 0 aliphatic carbocycles. The summed E-state index contributed by atoms with van der Waals surface area (Å²) in [5.41, 5.74) is 7.49. The van der Waals surface area contributed by atoms with Crippen LogP contribution in [0.25, 0.3) is 0 Å². The first-order valence-electron chi connectivity index (χ1n) is 7.94. The number of nitrogen functional groups attached to an aromatic ring is 1. The summed E-state index contributed by atoms with van der Waals surface area (Å²) in [6.07, 6.45) is 2.26. The molecule has 0 unspecified atom stereocenters. The third-order valence-electron chi connectivity index (χ3n) is 3.34. The summed E-state index contributed by atoms with van der Waals surface area (Å²) in [6.45, 7) is 2.71. The molecule has 0 aliphatic rings. The van der Waals surface area contributed by atoms with Crippen molar-refractivity contribution in [2.45, 2.75) is 31.5 Å². The second kappa shape index (κ2) is 9.12. The van der Waals surface area contributed by atoms with E-state index in [0.717, 1.165) is 24.2 Å². The quantitative estimate of drug-likeness (QED) is 0.387. The number of amides is 1. The van der Waals surface area contributed by atoms with Gasteiger partial charge >= 0.3 is 0 Å². The molecule has 2 rings (SSSR count). The molecule has 6 nitrogen and oxygen atoms in total. The van der Waals surface area contributed by atoms with Gasteiger partial charge in [-0.1, -0.05) is 37.2 Å². The fourth-order valence-corrected chi connectivity index (χ4v) is 3.01. The highest BCUT2D eigenvalue weighted by atomic mass is 32.2. The van der Waals surface area contributed by atoms with Crippen LogP contribution in [0.2, 0.25) is 0 Å². The molecular formula is C17H23N5OS. The van der Waals surface area contributed by atoms with Gasteiger partial charge in [-0.2, -0.15) is 0 Å². The van der Waals surface area contributed by atoms with Gasteiger partial charge in [-0.05, 0) is 24.1 Å². The van der Waals surface area contributed by atoms with Crippen LogP contribution in [0.4, 0.5) is 11.6 Å². The van der Waals surface area contributed by atoms with Crippen molar-refractivity contribution in [3.8, 4) is 0 Å². The third kappa shape index (κ3) is 5.42. The molecule has 0 aliphatic heterocycles. The molecule has 0 radical (unpaired) electrons. The fraction of sp³-hybridized carbons (Fsp3) is 0.353. The predicted molar refractivity (Wildman–Crippen MR) is 99.2 cm³/mol. The Kier molecular flexibility index (Phi) is 6.87. The van der Waals surface area contributed by atoms with Gasteiger partial charge in [0.1, 0.15) is 11.6 Å². The van der Waals surface area contributed by atoms with Crippen molar-refractivity contribution in [1.29, 1.82) is 0 Å². The number of carbonyl (C=O) groups excluding carboxylic acids is 1. The second-order valence-electron chi connectivity index (χ2n) is 5.30. The summed E-state index contributed by atoms with van der Waals surface area (Å²) < 4.78 is 0. The number of aromatic nitrogens is 2. The second-order valence-corrected chi connectivity index (χ2v) is 6.36. The molecule has 0 saturated heterocycles. The van der Waals surface area contributed by atoms with Crippen molar-refractivity contribution in [3.05, 3.63) is 41.5 Å². The van der Waals surface area contributed by atoms with Crippen LogP contribution in [0.15, 0.2) is 35.5 Å². The Morgan fingerprint density at radius 2 is 2.12 bits per heavy atom. The molecule has 128 valence electrons. The van der Waals surface area contributed by atoms with Gasteiger partial charge in [0.25, 0.3) is 5.91 Å². The van der Waals surface area contributed by atoms with Crippen LogP contribution in [0.1, 0.15) is 35.7 Å². The van der Waals surface area contributed by atoms with Gasteiger partial charge in [0, 0.05) is 31.0 Å². The van der Waals surface area contributed by atoms with Crippen LogP contribution in [-0.2, 0) is 6.54 Å². The number of benzene rings is 1. The molecule has 0 saturated carbocycles. The van der Waals surface area contributed by atoms with Gasteiger partial charge in [0.2, 0.25) is 0 Å². The highest BCUT2D eigenvalue weighted by Crippen LogP contribution is 2.19. The summed E-state index contributed by atoms with van der Waals surface area (Å²) in [6, 6.07) is 9.18. The number of carbonyl (C=O) groups is 1. The zero-order valence-corrected chi connectivity index (χ0v) is 14.8. The van der Waals surface area contributed by atoms with Crippen molar-refractivity contribution in [2.75, 3.05) is 23.9 Å². The smallest absolute Gasteiger partial charge is 0.251 e. The predicted octanol–water partition coefficient (Wildman–Crippen LogP) is 2.92. The van der Waals surface area contributed by atoms with E-state index in [0.29, 0.717) is 28.9 Å². The van der Waals surface area contributed by atoms with Crippen LogP contribution in [-0.4, -0.2) is 28.7 Å². The zero-order chi connectivity index (χ0) is 17.4. The topological polar surface area (TPSA) is 92.9 Å². The highest BCUT2D eigenvalue weighted by Gasteiger charge is 2.06. The Hall–Kier alpha value is -2.28. The number of nitrogens with two attached hydrogens (primary N) is 1. The number of anilines is 2. The van der Waals surface area contributed by atoms with Crippen molar-refractivity contribution in [1.82, 2.24) is 15.3 Å². The molecule has 1 amide bonds. The van der Waals surface area contributed by atoms with E-state index in [1.165, 1.54) is 0 Å². The Balaban J connectivity index is 2.02. The van der Waals surface area contributed by atoms with Crippen molar-refractivity contribution >= 4 is 29.3 Å². The molecule has 1 aromatic heterocycles. The summed E-state index contributed by atoms with van der Waals surface area (Å²) in [5, 5.41) is 6.55. The van der Waals surface area contributed by atoms with E-state index in [1.54, 1.807) is 30.9 Å². The molecule has 2 aromatic rings. The summed E-state index contributed by atoms with van der Waals surface area (Å²) in [4.78, 5) is 20.4. The van der Waals surface area contributed by atoms with Gasteiger partial charge in [-0.25, -0.2) is 9.97 Å². The number of nitrogens with one attached hydrogen (secondary N) is 2. The summed E-state index contributed by atoms with van der Waals surface area (Å²) >= 11 is 1.61. The average Bonchev–Trinajstić information content (AvgIpc) is 2.59. The maximum absolute atomic E-state index is 11.7. The molecular weight excluding hydrogens is 322 g/mol. The Labute approximate surface area is 146 Å². The van der Waals surface area contributed by atoms with Gasteiger partial charge in [0.15, 0.2) is 5.16 Å². The summed E-state index contributed by atoms with van der Waals surface area (Å²) in [5.74, 6) is 2.02. The molecule has 0 spiro atoms. The number of unbranched alkanes of at least 4 members (excludes halogenated alkanes) is 1. The number of rotatable bonds is 8. The van der Waals surface area contributed by atoms with Gasteiger partial charge in [-0.3, -0.25) is 4.79 Å². The van der Waals surface area contributed by atoms with E-state index in [4.69, 9.17) is 5.73 Å². The molecule has 0 bridgehead atoms. The molecule has 0 atom stereocenters. The molecule has 24 heavy (non-hydrogen) atoms. The Bertz CT molecular complexity index is 692. The van der Waals surface area contributed by atoms with Crippen LogP contribution < -0.4 is 16.4 Å². The van der Waals surface area contributed by atoms with Crippen LogP contribution >= 0.6 is 11.8 Å². The van der Waals surface area contributed by atoms with E-state index >= 15 is 0 Å². The maximum Gasteiger partial charge on any atom is 0.251 e. The first-order chi connectivity index (χ1) is 11.6. The van der Waals surface area contributed by atoms with Crippen molar-refractivity contribution < 1.29 is 4.79 Å². The first-order valence-corrected chi connectivity index (χ1v) is 8.93. The van der Waals surface area contributed by atoms with E-state index in [9.17, 15) is 4.79 Å². The summed E-state index contributed by atoms with van der Waals surface area (Å²) in [7, 11) is 1.62.